The summed E-state index contributed by atoms with van der Waals surface area (Å²) in [6.07, 6.45) is -0.993. The number of carboxylic acids is 1. The van der Waals surface area contributed by atoms with Crippen molar-refractivity contribution < 1.29 is 32.9 Å². The molecule has 0 radical (unpaired) electrons. The van der Waals surface area contributed by atoms with Crippen molar-refractivity contribution in [2.75, 3.05) is 44.4 Å². The van der Waals surface area contributed by atoms with Crippen molar-refractivity contribution in [3.05, 3.63) is 42.1 Å². The number of carboxylic acid groups (broad SMARTS) is 1. The number of aliphatic carboxylic acids is 1. The highest BCUT2D eigenvalue weighted by molar-refractivity contribution is 5.73. The Morgan fingerprint density at radius 2 is 1.91 bits per heavy atom. The zero-order valence-electron chi connectivity index (χ0n) is 18.0. The number of anilines is 1. The maximum absolute atomic E-state index is 10.6. The predicted molar refractivity (Wildman–Crippen MR) is 115 cm³/mol. The van der Waals surface area contributed by atoms with E-state index >= 15 is 0 Å². The number of carbonyl (C=O) groups is 1. The lowest BCUT2D eigenvalue weighted by Crippen LogP contribution is -2.37. The second kappa shape index (κ2) is 11.4. The molecule has 1 atom stereocenters. The molecular weight excluding hydrogens is 441 g/mol. The molecule has 0 unspecified atom stereocenters. The number of alkyl halides is 3. The minimum absolute atomic E-state index is 0.245. The SMILES string of the molecule is O=C(O)C(F)(F)F.OC[C@@H]1CCCN1Cc1cccc(-c2ccnc(N3CCOCC3)n2)c1. The van der Waals surface area contributed by atoms with Crippen LogP contribution in [0.3, 0.4) is 0 Å². The summed E-state index contributed by atoms with van der Waals surface area (Å²) in [6, 6.07) is 10.8. The molecule has 0 spiro atoms. The zero-order chi connectivity index (χ0) is 23.8. The van der Waals surface area contributed by atoms with Crippen LogP contribution in [0, 0.1) is 0 Å². The first-order valence-corrected chi connectivity index (χ1v) is 10.7. The first-order valence-electron chi connectivity index (χ1n) is 10.7. The van der Waals surface area contributed by atoms with Crippen LogP contribution in [0.5, 0.6) is 0 Å². The van der Waals surface area contributed by atoms with Crippen molar-refractivity contribution in [3.8, 4) is 11.3 Å². The Balaban J connectivity index is 0.000000383. The summed E-state index contributed by atoms with van der Waals surface area (Å²) in [7, 11) is 0. The Morgan fingerprint density at radius 3 is 2.58 bits per heavy atom. The van der Waals surface area contributed by atoms with E-state index < -0.39 is 12.1 Å². The van der Waals surface area contributed by atoms with E-state index in [9.17, 15) is 18.3 Å². The zero-order valence-corrected chi connectivity index (χ0v) is 18.0. The van der Waals surface area contributed by atoms with Crippen molar-refractivity contribution >= 4 is 11.9 Å². The lowest BCUT2D eigenvalue weighted by molar-refractivity contribution is -0.192. The second-order valence-electron chi connectivity index (χ2n) is 7.79. The standard InChI is InChI=1S/C20H26N4O2.C2HF3O2/c25-15-18-5-2-8-24(18)14-16-3-1-4-17(13-16)19-6-7-21-20(22-19)23-9-11-26-12-10-23;3-2(4,5)1(6)7/h1,3-4,6-7,13,18,25H,2,5,8-12,14-15H2;(H,6,7)/t18-;/m0./s1. The van der Waals surface area contributed by atoms with Crippen LogP contribution in [0.15, 0.2) is 36.5 Å². The normalized spacial score (nSPS) is 19.2. The highest BCUT2D eigenvalue weighted by atomic mass is 19.4. The van der Waals surface area contributed by atoms with E-state index in [1.165, 1.54) is 12.0 Å². The first kappa shape index (κ1) is 24.9. The maximum atomic E-state index is 10.6. The fraction of sp³-hybridized carbons (Fsp3) is 0.500. The highest BCUT2D eigenvalue weighted by Gasteiger charge is 2.38. The Labute approximate surface area is 189 Å². The average Bonchev–Trinajstić information content (AvgIpc) is 3.27. The number of hydrogen-bond acceptors (Lipinski definition) is 7. The largest absolute Gasteiger partial charge is 0.490 e. The van der Waals surface area contributed by atoms with Gasteiger partial charge in [-0.15, -0.1) is 0 Å². The molecule has 2 aliphatic rings. The van der Waals surface area contributed by atoms with E-state index in [1.807, 2.05) is 12.3 Å². The van der Waals surface area contributed by atoms with Crippen molar-refractivity contribution in [2.24, 2.45) is 0 Å². The smallest absolute Gasteiger partial charge is 0.475 e. The number of halogens is 3. The molecule has 3 heterocycles. The van der Waals surface area contributed by atoms with E-state index in [-0.39, 0.29) is 6.61 Å². The second-order valence-corrected chi connectivity index (χ2v) is 7.79. The van der Waals surface area contributed by atoms with Gasteiger partial charge < -0.3 is 19.8 Å². The Kier molecular flexibility index (Phi) is 8.59. The number of aromatic nitrogens is 2. The third-order valence-corrected chi connectivity index (χ3v) is 5.50. The van der Waals surface area contributed by atoms with Crippen LogP contribution in [-0.2, 0) is 16.1 Å². The fourth-order valence-corrected chi connectivity index (χ4v) is 3.80. The van der Waals surface area contributed by atoms with E-state index in [4.69, 9.17) is 19.6 Å². The number of ether oxygens (including phenoxy) is 1. The third kappa shape index (κ3) is 7.11. The van der Waals surface area contributed by atoms with Crippen LogP contribution in [0.1, 0.15) is 18.4 Å². The van der Waals surface area contributed by atoms with Gasteiger partial charge in [0.1, 0.15) is 0 Å². The average molecular weight is 468 g/mol. The molecule has 0 saturated carbocycles. The van der Waals surface area contributed by atoms with Gasteiger partial charge in [0, 0.05) is 37.4 Å². The molecule has 0 aliphatic carbocycles. The molecule has 2 N–H and O–H groups in total. The molecule has 180 valence electrons. The Bertz CT molecular complexity index is 923. The van der Waals surface area contributed by atoms with Gasteiger partial charge in [0.05, 0.1) is 25.5 Å². The molecular formula is C22H27F3N4O4. The van der Waals surface area contributed by atoms with Crippen LogP contribution in [0.2, 0.25) is 0 Å². The van der Waals surface area contributed by atoms with Crippen molar-refractivity contribution in [2.45, 2.75) is 31.6 Å². The van der Waals surface area contributed by atoms with Gasteiger partial charge in [0.25, 0.3) is 0 Å². The van der Waals surface area contributed by atoms with Gasteiger partial charge >= 0.3 is 12.1 Å². The van der Waals surface area contributed by atoms with Gasteiger partial charge in [-0.05, 0) is 37.1 Å². The summed E-state index contributed by atoms with van der Waals surface area (Å²) >= 11 is 0. The summed E-state index contributed by atoms with van der Waals surface area (Å²) in [5, 5.41) is 16.7. The monoisotopic (exact) mass is 468 g/mol. The predicted octanol–water partition coefficient (Wildman–Crippen LogP) is 2.57. The number of morpholine rings is 1. The van der Waals surface area contributed by atoms with Gasteiger partial charge in [-0.3, -0.25) is 4.90 Å². The molecule has 2 aliphatic heterocycles. The number of benzene rings is 1. The van der Waals surface area contributed by atoms with E-state index in [0.29, 0.717) is 6.04 Å². The number of aliphatic hydroxyl groups excluding tert-OH is 1. The lowest BCUT2D eigenvalue weighted by Gasteiger charge is -2.26. The highest BCUT2D eigenvalue weighted by Crippen LogP contribution is 2.24. The van der Waals surface area contributed by atoms with Crippen LogP contribution in [0.4, 0.5) is 19.1 Å². The van der Waals surface area contributed by atoms with Gasteiger partial charge in [-0.2, -0.15) is 13.2 Å². The van der Waals surface area contributed by atoms with Gasteiger partial charge in [0.15, 0.2) is 0 Å². The molecule has 0 bridgehead atoms. The fourth-order valence-electron chi connectivity index (χ4n) is 3.80. The number of hydrogen-bond donors (Lipinski definition) is 2. The number of nitrogens with zero attached hydrogens (tertiary/aromatic N) is 4. The molecule has 4 rings (SSSR count). The summed E-state index contributed by atoms with van der Waals surface area (Å²) in [5.41, 5.74) is 3.32. The van der Waals surface area contributed by atoms with Crippen molar-refractivity contribution in [1.82, 2.24) is 14.9 Å². The van der Waals surface area contributed by atoms with E-state index in [2.05, 4.69) is 39.0 Å². The molecule has 1 aromatic heterocycles. The lowest BCUT2D eigenvalue weighted by atomic mass is 10.1. The summed E-state index contributed by atoms with van der Waals surface area (Å²) in [6.45, 7) is 5.30. The third-order valence-electron chi connectivity index (χ3n) is 5.50. The molecule has 0 amide bonds. The summed E-state index contributed by atoms with van der Waals surface area (Å²) < 4.78 is 37.1. The van der Waals surface area contributed by atoms with Gasteiger partial charge in [-0.25, -0.2) is 14.8 Å². The minimum atomic E-state index is -5.08. The topological polar surface area (TPSA) is 99.0 Å². The Hall–Kier alpha value is -2.76. The maximum Gasteiger partial charge on any atom is 0.490 e. The van der Waals surface area contributed by atoms with Crippen LogP contribution in [0.25, 0.3) is 11.3 Å². The van der Waals surface area contributed by atoms with Crippen LogP contribution < -0.4 is 4.90 Å². The molecule has 1 aromatic carbocycles. The number of rotatable bonds is 5. The Morgan fingerprint density at radius 1 is 1.18 bits per heavy atom. The van der Waals surface area contributed by atoms with Gasteiger partial charge in [-0.1, -0.05) is 18.2 Å². The molecule has 2 saturated heterocycles. The van der Waals surface area contributed by atoms with E-state index in [0.717, 1.165) is 63.0 Å². The number of aliphatic hydroxyl groups is 1. The molecule has 8 nitrogen and oxygen atoms in total. The summed E-state index contributed by atoms with van der Waals surface area (Å²) in [4.78, 5) is 22.7. The van der Waals surface area contributed by atoms with Gasteiger partial charge in [0.2, 0.25) is 5.95 Å². The molecule has 2 aromatic rings. The van der Waals surface area contributed by atoms with E-state index in [1.54, 1.807) is 0 Å². The quantitative estimate of drug-likeness (QED) is 0.691. The van der Waals surface area contributed by atoms with Crippen molar-refractivity contribution in [1.29, 1.82) is 0 Å². The van der Waals surface area contributed by atoms with Crippen molar-refractivity contribution in [3.63, 3.8) is 0 Å². The minimum Gasteiger partial charge on any atom is -0.475 e. The van der Waals surface area contributed by atoms with Crippen LogP contribution >= 0.6 is 0 Å². The first-order chi connectivity index (χ1) is 15.8. The summed E-state index contributed by atoms with van der Waals surface area (Å²) in [5.74, 6) is -1.98. The molecule has 2 fully saturated rings. The van der Waals surface area contributed by atoms with Crippen LogP contribution in [-0.4, -0.2) is 82.7 Å². The number of likely N-dealkylation sites (tertiary alicyclic amines) is 1. The molecule has 33 heavy (non-hydrogen) atoms. The molecule has 11 heteroatoms.